The molecule has 0 bridgehead atoms. The van der Waals surface area contributed by atoms with Crippen molar-refractivity contribution in [3.63, 3.8) is 0 Å². The maximum Gasteiger partial charge on any atom is 2.00 e. The number of amides is 5. The molecule has 5 aliphatic rings. The molecule has 780 valence electrons. The van der Waals surface area contributed by atoms with E-state index in [1.807, 2.05) is 329 Å². The first kappa shape index (κ1) is 142. The number of nitrogens with two attached hydrogens (primary N) is 2. The van der Waals surface area contributed by atoms with Gasteiger partial charge in [-0.2, -0.15) is 32.1 Å². The molecule has 0 spiro atoms. The molecule has 7 aromatic rings. The molecule has 23 nitrogen and oxygen atoms in total. The van der Waals surface area contributed by atoms with Gasteiger partial charge < -0.3 is 118 Å². The molecule has 5 aliphatic heterocycles. The predicted molar refractivity (Wildman–Crippen MR) is 561 cm³/mol. The van der Waals surface area contributed by atoms with Crippen LogP contribution >= 0.6 is 31.9 Å². The fourth-order valence-corrected chi connectivity index (χ4v) is 13.2. The normalized spacial score (nSPS) is 17.7. The Balaban J connectivity index is -0.000000743. The third kappa shape index (κ3) is 57.5. The molecule has 0 aliphatic carbocycles. The van der Waals surface area contributed by atoms with Crippen LogP contribution < -0.4 is 11.5 Å². The van der Waals surface area contributed by atoms with Crippen molar-refractivity contribution in [3.8, 4) is 0 Å². The van der Waals surface area contributed by atoms with Crippen LogP contribution in [0.25, 0.3) is 0 Å². The van der Waals surface area contributed by atoms with E-state index < -0.39 is 56.6 Å². The molecular formula is C111H162Br2N8O15W5. The fourth-order valence-electron chi connectivity index (χ4n) is 12.6. The number of nitrogen functional groups attached to an aromatic ring is 2. The molecule has 30 heteroatoms. The summed E-state index contributed by atoms with van der Waals surface area (Å²) in [6, 6.07) is 60.7. The topological polar surface area (TPSA) is 258 Å². The number of ether oxygens (including phenoxy) is 10. The first-order valence-corrected chi connectivity index (χ1v) is 47.9. The number of anilines is 2. The Morgan fingerprint density at radius 1 is 0.319 bits per heavy atom. The molecule has 0 aromatic heterocycles. The van der Waals surface area contributed by atoms with Crippen molar-refractivity contribution in [2.24, 2.45) is 4.99 Å². The summed E-state index contributed by atoms with van der Waals surface area (Å²) in [4.78, 5) is 71.5. The summed E-state index contributed by atoms with van der Waals surface area (Å²) < 4.78 is 56.5. The molecule has 5 heterocycles. The van der Waals surface area contributed by atoms with Crippen molar-refractivity contribution in [1.82, 2.24) is 24.5 Å². The van der Waals surface area contributed by atoms with Crippen LogP contribution in [0.1, 0.15) is 267 Å². The number of aliphatic imine (C=N–C) groups is 1. The van der Waals surface area contributed by atoms with Crippen LogP contribution in [-0.4, -0.2) is 148 Å². The minimum atomic E-state index is -0.623. The Kier molecular flexibility index (Phi) is 66.2. The average molecular weight is 2930 g/mol. The van der Waals surface area contributed by atoms with Crippen molar-refractivity contribution >= 4 is 85.1 Å². The van der Waals surface area contributed by atoms with Gasteiger partial charge >= 0.3 is 136 Å². The molecule has 5 saturated heterocycles. The van der Waals surface area contributed by atoms with Crippen LogP contribution in [-0.2, 0) is 185 Å². The Labute approximate surface area is 938 Å². The van der Waals surface area contributed by atoms with Gasteiger partial charge in [-0.15, -0.1) is 0 Å². The first-order chi connectivity index (χ1) is 62.7. The number of hydrogen-bond donors (Lipinski definition) is 2. The van der Waals surface area contributed by atoms with E-state index in [4.69, 9.17) is 63.8 Å². The van der Waals surface area contributed by atoms with Crippen molar-refractivity contribution in [2.45, 2.75) is 347 Å². The summed E-state index contributed by atoms with van der Waals surface area (Å²) in [5.74, 6) is 0. The summed E-state index contributed by atoms with van der Waals surface area (Å²) >= 11 is 6.71. The van der Waals surface area contributed by atoms with Crippen LogP contribution in [0.2, 0.25) is 0 Å². The average Bonchev–Trinajstić information content (AvgIpc) is 1.67. The van der Waals surface area contributed by atoms with E-state index in [0.29, 0.717) is 0 Å². The molecule has 0 radical (unpaired) electrons. The Morgan fingerprint density at radius 3 is 0.631 bits per heavy atom. The van der Waals surface area contributed by atoms with E-state index in [2.05, 4.69) is 141 Å². The Hall–Kier alpha value is -5.64. The fraction of sp³-hybridized carbons (Fsp3) is 0.477. The second-order valence-corrected chi connectivity index (χ2v) is 41.7. The number of halogens is 2. The van der Waals surface area contributed by atoms with E-state index in [1.165, 1.54) is 58.7 Å². The van der Waals surface area contributed by atoms with Gasteiger partial charge in [0.15, 0.2) is 0 Å². The molecule has 4 N–H and O–H groups in total. The molecular weight excluding hydrogens is 2760 g/mol. The number of nitrogens with zero attached hydrogens (tertiary/aromatic N) is 6. The van der Waals surface area contributed by atoms with E-state index >= 15 is 0 Å². The van der Waals surface area contributed by atoms with Gasteiger partial charge in [-0.3, -0.25) is 0 Å². The molecule has 5 amide bonds. The molecule has 141 heavy (non-hydrogen) atoms. The smallest absolute Gasteiger partial charge is 0.445 e. The van der Waals surface area contributed by atoms with Gasteiger partial charge in [-0.05, 0) is 264 Å². The largest absolute Gasteiger partial charge is 2.00 e. The maximum absolute atomic E-state index is 11.8. The first-order valence-electron chi connectivity index (χ1n) is 46.4. The number of rotatable bonds is 8. The Morgan fingerprint density at radius 2 is 0.482 bits per heavy atom. The van der Waals surface area contributed by atoms with Gasteiger partial charge in [-0.1, -0.05) is 236 Å². The van der Waals surface area contributed by atoms with Gasteiger partial charge in [0.2, 0.25) is 0 Å². The number of hydrogen-bond acceptors (Lipinski definition) is 18. The second kappa shape index (κ2) is 65.9. The van der Waals surface area contributed by atoms with Crippen molar-refractivity contribution in [3.05, 3.63) is 297 Å². The Bertz CT molecular complexity index is 4150. The summed E-state index contributed by atoms with van der Waals surface area (Å²) in [6.07, 6.45) is 3.32. The van der Waals surface area contributed by atoms with Gasteiger partial charge in [0.1, 0.15) is 56.6 Å². The van der Waals surface area contributed by atoms with Crippen LogP contribution in [0.4, 0.5) is 41.0 Å². The molecule has 5 fully saturated rings. The summed E-state index contributed by atoms with van der Waals surface area (Å²) in [5, 5.41) is 0. The third-order valence-corrected chi connectivity index (χ3v) is 19.6. The standard InChI is InChI=1S/C21H18N.5C11H20NO3.2C8H8Br.2C8H10N.C3H8.5W/c1-2-17-13-15-20(16-14-17)22-21(18-9-5-3-6-10-18)19-11-7-4-8-12-19;5*1-8-7-12(11(5,6)14-8)9(13)15-10(2,3)4;4*1-2-7-3-5-8(9)6-4-7;1-3-2;;;;;/h3-16H,1-2H2;5*7-8H,1-6H3;2*3-6H,1-2H2;2*3-6H,1-2,9H2;3H2,1-2H3;;;;;/q10*-1;;5*+2/t;5*8-;;;;;;;;;;/m.11000........../s1. The van der Waals surface area contributed by atoms with Gasteiger partial charge in [0, 0.05) is 31.4 Å². The zero-order valence-electron chi connectivity index (χ0n) is 89.6. The van der Waals surface area contributed by atoms with E-state index in [-0.39, 0.29) is 166 Å². The second-order valence-electron chi connectivity index (χ2n) is 39.9. The van der Waals surface area contributed by atoms with Crippen LogP contribution in [0, 0.1) is 67.3 Å². The van der Waals surface area contributed by atoms with Crippen LogP contribution in [0.3, 0.4) is 0 Å². The number of carbonyl (C=O) groups excluding carboxylic acids is 5. The molecule has 12 rings (SSSR count). The monoisotopic (exact) mass is 2920 g/mol. The summed E-state index contributed by atoms with van der Waals surface area (Å²) in [5.41, 5.74) is 17.4. The van der Waals surface area contributed by atoms with Crippen molar-refractivity contribution in [1.29, 1.82) is 0 Å². The molecule has 0 saturated carbocycles. The zero-order valence-corrected chi connectivity index (χ0v) is 107. The quantitative estimate of drug-likeness (QED) is 0.0620. The minimum absolute atomic E-state index is 0. The minimum Gasteiger partial charge on any atom is -0.445 e. The predicted octanol–water partition coefficient (Wildman–Crippen LogP) is 28.3. The van der Waals surface area contributed by atoms with E-state index in [9.17, 15) is 24.0 Å². The number of carbonyl (C=O) groups is 5. The van der Waals surface area contributed by atoms with Crippen molar-refractivity contribution in [2.75, 3.05) is 11.5 Å². The van der Waals surface area contributed by atoms with Crippen LogP contribution in [0.15, 0.2) is 196 Å². The summed E-state index contributed by atoms with van der Waals surface area (Å²) in [7, 11) is 0. The van der Waals surface area contributed by atoms with E-state index in [0.717, 1.165) is 75.0 Å². The SMILES string of the molecule is CCC.C[C@@H]1[CH-]N(C(=O)OC(C)(C)C)C(C)(C)O1.C[C@@H]1[CH-]N(C(=O)OC(C)(C)C)C(C)(C)O1.C[C@H]1[CH-]N(C(=O)OC(C)(C)C)C(C)(C)O1.C[C@H]1[CH-]N(C(=O)OC(C)(C)C)C(C)(C)O1.C[C@H]1[CH-]N(C(=O)OC(C)(C)C)C(C)(C)O1.[CH2-]Cc1ccc(Br)cc1.[CH2-]Cc1ccc(Br)cc1.[CH2-]Cc1ccc(N)cc1.[CH2-]Cc1ccc(N)cc1.[CH2-]Cc1ccc(N=C(c2ccccc2)c2ccccc2)cc1.[W+2].[W+2].[W+2].[W+2].[W+2]. The van der Waals surface area contributed by atoms with Crippen molar-refractivity contribution < 1.29 is 177 Å². The third-order valence-electron chi connectivity index (χ3n) is 18.5. The van der Waals surface area contributed by atoms with Gasteiger partial charge in [0.25, 0.3) is 0 Å². The maximum atomic E-state index is 11.8. The molecule has 7 aromatic carbocycles. The molecule has 5 atom stereocenters. The number of benzene rings is 7. The van der Waals surface area contributed by atoms with E-state index in [1.54, 1.807) is 32.7 Å². The molecule has 0 unspecified atom stereocenters. The van der Waals surface area contributed by atoms with Gasteiger partial charge in [0.05, 0.1) is 11.4 Å². The van der Waals surface area contributed by atoms with Crippen LogP contribution in [0.5, 0.6) is 0 Å². The van der Waals surface area contributed by atoms with Gasteiger partial charge in [-0.25, -0.2) is 61.7 Å². The summed E-state index contributed by atoms with van der Waals surface area (Å²) in [6.45, 7) is 87.5. The zero-order chi connectivity index (χ0) is 104.